The summed E-state index contributed by atoms with van der Waals surface area (Å²) in [5.74, 6) is 2.97. The Morgan fingerprint density at radius 3 is 2.29 bits per heavy atom. The maximum atomic E-state index is 5.23. The minimum absolute atomic E-state index is 0.649. The van der Waals surface area contributed by atoms with Crippen molar-refractivity contribution in [1.29, 1.82) is 0 Å². The van der Waals surface area contributed by atoms with Crippen molar-refractivity contribution in [2.24, 2.45) is 17.8 Å². The van der Waals surface area contributed by atoms with E-state index in [1.54, 1.807) is 0 Å². The first-order valence-electron chi connectivity index (χ1n) is 7.72. The van der Waals surface area contributed by atoms with Gasteiger partial charge in [-0.05, 0) is 43.4 Å². The number of fused-ring (bicyclic) bond motifs is 2. The third-order valence-corrected chi connectivity index (χ3v) is 4.92. The summed E-state index contributed by atoms with van der Waals surface area (Å²) in [6, 6.07) is 0. The van der Waals surface area contributed by atoms with Crippen LogP contribution in [0.2, 0.25) is 0 Å². The van der Waals surface area contributed by atoms with E-state index in [1.165, 1.54) is 57.8 Å². The number of rotatable bonds is 8. The van der Waals surface area contributed by atoms with Crippen molar-refractivity contribution in [1.82, 2.24) is 0 Å². The quantitative estimate of drug-likeness (QED) is 0.346. The van der Waals surface area contributed by atoms with Gasteiger partial charge in [0.1, 0.15) is 0 Å². The summed E-state index contributed by atoms with van der Waals surface area (Å²) in [5.41, 5.74) is 0. The number of epoxide rings is 1. The third kappa shape index (κ3) is 3.34. The molecule has 4 unspecified atom stereocenters. The third-order valence-electron chi connectivity index (χ3n) is 4.92. The van der Waals surface area contributed by atoms with Gasteiger partial charge in [-0.1, -0.05) is 44.3 Å². The van der Waals surface area contributed by atoms with Gasteiger partial charge in [-0.3, -0.25) is 0 Å². The topological polar surface area (TPSA) is 12.5 Å². The number of ether oxygens (including phenoxy) is 1. The summed E-state index contributed by atoms with van der Waals surface area (Å²) in [5, 5.41) is 0. The van der Waals surface area contributed by atoms with Gasteiger partial charge < -0.3 is 4.74 Å². The van der Waals surface area contributed by atoms with E-state index in [0.717, 1.165) is 24.4 Å². The molecule has 1 saturated heterocycles. The molecule has 2 bridgehead atoms. The van der Waals surface area contributed by atoms with E-state index in [4.69, 9.17) is 4.74 Å². The second-order valence-electron chi connectivity index (χ2n) is 6.34. The lowest BCUT2D eigenvalue weighted by molar-refractivity contribution is 0.381. The fraction of sp³-hybridized carbons (Fsp3) is 0.875. The van der Waals surface area contributed by atoms with Gasteiger partial charge in [-0.2, -0.15) is 0 Å². The maximum absolute atomic E-state index is 5.23. The second kappa shape index (κ2) is 5.56. The van der Waals surface area contributed by atoms with Crippen LogP contribution in [-0.2, 0) is 4.74 Å². The predicted octanol–water partition coefficient (Wildman–Crippen LogP) is 4.33. The highest BCUT2D eigenvalue weighted by atomic mass is 16.6. The number of hydrogen-bond donors (Lipinski definition) is 0. The van der Waals surface area contributed by atoms with Crippen LogP contribution < -0.4 is 0 Å². The Balaban J connectivity index is 1.18. The molecule has 0 radical (unpaired) electrons. The van der Waals surface area contributed by atoms with Crippen LogP contribution in [0.4, 0.5) is 0 Å². The van der Waals surface area contributed by atoms with Gasteiger partial charge >= 0.3 is 0 Å². The Hall–Kier alpha value is -0.300. The molecule has 1 nitrogen and oxygen atoms in total. The molecule has 0 N–H and O–H groups in total. The molecule has 2 aliphatic carbocycles. The Labute approximate surface area is 106 Å². The highest BCUT2D eigenvalue weighted by Crippen LogP contribution is 2.45. The Morgan fingerprint density at radius 2 is 1.65 bits per heavy atom. The zero-order chi connectivity index (χ0) is 11.5. The highest BCUT2D eigenvalue weighted by molar-refractivity contribution is 5.09. The minimum Gasteiger partial charge on any atom is -0.373 e. The molecule has 1 aliphatic heterocycles. The largest absolute Gasteiger partial charge is 0.373 e. The highest BCUT2D eigenvalue weighted by Gasteiger charge is 2.34. The molecule has 0 spiro atoms. The summed E-state index contributed by atoms with van der Waals surface area (Å²) in [6.45, 7) is 1.04. The Bertz CT molecular complexity index is 267. The van der Waals surface area contributed by atoms with Crippen LogP contribution in [0.5, 0.6) is 0 Å². The normalized spacial score (nSPS) is 37.9. The molecule has 2 fully saturated rings. The number of allylic oxidation sites excluding steroid dienone is 2. The van der Waals surface area contributed by atoms with E-state index < -0.39 is 0 Å². The van der Waals surface area contributed by atoms with E-state index >= 15 is 0 Å². The molecule has 1 saturated carbocycles. The summed E-state index contributed by atoms with van der Waals surface area (Å²) in [7, 11) is 0. The van der Waals surface area contributed by atoms with Crippen LogP contribution in [0.3, 0.4) is 0 Å². The van der Waals surface area contributed by atoms with Gasteiger partial charge in [0.15, 0.2) is 0 Å². The van der Waals surface area contributed by atoms with E-state index in [0.29, 0.717) is 6.10 Å². The molecule has 0 amide bonds. The molecule has 17 heavy (non-hydrogen) atoms. The van der Waals surface area contributed by atoms with Crippen LogP contribution >= 0.6 is 0 Å². The van der Waals surface area contributed by atoms with E-state index in [-0.39, 0.29) is 0 Å². The van der Waals surface area contributed by atoms with Crippen LogP contribution in [-0.4, -0.2) is 12.7 Å². The van der Waals surface area contributed by atoms with Crippen LogP contribution in [0.25, 0.3) is 0 Å². The molecule has 3 aliphatic rings. The van der Waals surface area contributed by atoms with Crippen molar-refractivity contribution in [2.45, 2.75) is 63.9 Å². The van der Waals surface area contributed by atoms with Gasteiger partial charge in [-0.15, -0.1) is 0 Å². The molecule has 0 aromatic rings. The van der Waals surface area contributed by atoms with Gasteiger partial charge in [-0.25, -0.2) is 0 Å². The summed E-state index contributed by atoms with van der Waals surface area (Å²) in [4.78, 5) is 0. The molecule has 96 valence electrons. The van der Waals surface area contributed by atoms with Crippen LogP contribution in [0, 0.1) is 17.8 Å². The van der Waals surface area contributed by atoms with Crippen molar-refractivity contribution in [2.75, 3.05) is 6.61 Å². The first-order valence-corrected chi connectivity index (χ1v) is 7.72. The first-order chi connectivity index (χ1) is 8.42. The molecule has 0 aromatic carbocycles. The smallest absolute Gasteiger partial charge is 0.0810 e. The fourth-order valence-electron chi connectivity index (χ4n) is 3.77. The average molecular weight is 234 g/mol. The van der Waals surface area contributed by atoms with Gasteiger partial charge in [0.2, 0.25) is 0 Å². The second-order valence-corrected chi connectivity index (χ2v) is 6.34. The molecule has 3 rings (SSSR count). The number of hydrogen-bond acceptors (Lipinski definition) is 1. The molecule has 0 aromatic heterocycles. The van der Waals surface area contributed by atoms with E-state index in [1.807, 2.05) is 0 Å². The van der Waals surface area contributed by atoms with Crippen molar-refractivity contribution >= 4 is 0 Å². The molecular formula is C16H26O. The lowest BCUT2D eigenvalue weighted by Gasteiger charge is -2.17. The van der Waals surface area contributed by atoms with Crippen molar-refractivity contribution in [3.8, 4) is 0 Å². The Kier molecular flexibility index (Phi) is 3.85. The number of unbranched alkanes of at least 4 members (excludes halogenated alkanes) is 4. The average Bonchev–Trinajstić information content (AvgIpc) is 2.93. The standard InChI is InChI=1S/C16H26O/c1(3-5-7-16-12-17-16)2-4-6-14-10-13-8-9-15(14)11-13/h8-9,13-16H,1-7,10-12H2. The molecule has 1 heterocycles. The summed E-state index contributed by atoms with van der Waals surface area (Å²) >= 11 is 0. The zero-order valence-electron chi connectivity index (χ0n) is 10.9. The van der Waals surface area contributed by atoms with Gasteiger partial charge in [0.25, 0.3) is 0 Å². The van der Waals surface area contributed by atoms with Crippen molar-refractivity contribution < 1.29 is 4.74 Å². The zero-order valence-corrected chi connectivity index (χ0v) is 10.9. The summed E-state index contributed by atoms with van der Waals surface area (Å²) < 4.78 is 5.23. The van der Waals surface area contributed by atoms with Gasteiger partial charge in [0.05, 0.1) is 12.7 Å². The maximum Gasteiger partial charge on any atom is 0.0810 e. The van der Waals surface area contributed by atoms with Crippen molar-refractivity contribution in [3.63, 3.8) is 0 Å². The minimum atomic E-state index is 0.649. The SMILES string of the molecule is C1=CC2CC1CC2CCCCCCCC1CO1. The van der Waals surface area contributed by atoms with E-state index in [2.05, 4.69) is 12.2 Å². The Morgan fingerprint density at radius 1 is 0.882 bits per heavy atom. The summed E-state index contributed by atoms with van der Waals surface area (Å²) in [6.07, 6.45) is 18.6. The predicted molar refractivity (Wildman–Crippen MR) is 70.9 cm³/mol. The fourth-order valence-corrected chi connectivity index (χ4v) is 3.77. The lowest BCUT2D eigenvalue weighted by atomic mass is 9.88. The van der Waals surface area contributed by atoms with Gasteiger partial charge in [0, 0.05) is 0 Å². The molecule has 1 heteroatoms. The van der Waals surface area contributed by atoms with E-state index in [9.17, 15) is 0 Å². The van der Waals surface area contributed by atoms with Crippen LogP contribution in [0.1, 0.15) is 57.8 Å². The first kappa shape index (κ1) is 11.8. The van der Waals surface area contributed by atoms with Crippen molar-refractivity contribution in [3.05, 3.63) is 12.2 Å². The van der Waals surface area contributed by atoms with Crippen LogP contribution in [0.15, 0.2) is 12.2 Å². The lowest BCUT2D eigenvalue weighted by Crippen LogP contribution is -2.06. The molecule has 4 atom stereocenters. The molecular weight excluding hydrogens is 208 g/mol. The monoisotopic (exact) mass is 234 g/mol.